The van der Waals surface area contributed by atoms with Crippen LogP contribution in [0.3, 0.4) is 0 Å². The van der Waals surface area contributed by atoms with Crippen LogP contribution in [0.25, 0.3) is 0 Å². The lowest BCUT2D eigenvalue weighted by Crippen LogP contribution is -2.39. The zero-order valence-corrected chi connectivity index (χ0v) is 12.7. The molecular weight excluding hydrogens is 280 g/mol. The Bertz CT molecular complexity index is 532. The molecule has 5 heteroatoms. The molecule has 3 rings (SSSR count). The van der Waals surface area contributed by atoms with Crippen LogP contribution in [0.1, 0.15) is 52.8 Å². The third kappa shape index (κ3) is 2.91. The predicted molar refractivity (Wildman–Crippen MR) is 82.5 cm³/mol. The quantitative estimate of drug-likeness (QED) is 0.844. The first-order valence-corrected chi connectivity index (χ1v) is 8.06. The fourth-order valence-corrected chi connectivity index (χ4v) is 3.27. The summed E-state index contributed by atoms with van der Waals surface area (Å²) < 4.78 is 0. The van der Waals surface area contributed by atoms with Gasteiger partial charge in [-0.05, 0) is 37.8 Å². The molecule has 2 heterocycles. The molecule has 0 radical (unpaired) electrons. The summed E-state index contributed by atoms with van der Waals surface area (Å²) in [5.41, 5.74) is 0.980. The van der Waals surface area contributed by atoms with Crippen LogP contribution in [0, 0.1) is 0 Å². The van der Waals surface area contributed by atoms with Crippen molar-refractivity contribution in [2.24, 2.45) is 0 Å². The van der Waals surface area contributed by atoms with E-state index in [1.807, 2.05) is 0 Å². The Hall–Kier alpha value is -1.72. The van der Waals surface area contributed by atoms with Gasteiger partial charge in [0, 0.05) is 19.6 Å². The van der Waals surface area contributed by atoms with Gasteiger partial charge in [0.2, 0.25) is 0 Å². The third-order valence-electron chi connectivity index (χ3n) is 4.53. The van der Waals surface area contributed by atoms with E-state index in [4.69, 9.17) is 0 Å². The smallest absolute Gasteiger partial charge is 0.261 e. The Morgan fingerprint density at radius 1 is 1.00 bits per heavy atom. The first-order chi connectivity index (χ1) is 10.7. The number of imide groups is 1. The maximum Gasteiger partial charge on any atom is 0.261 e. The van der Waals surface area contributed by atoms with Crippen LogP contribution in [-0.4, -0.2) is 52.6 Å². The second-order valence-electron chi connectivity index (χ2n) is 6.03. The summed E-state index contributed by atoms with van der Waals surface area (Å²) in [5, 5.41) is 10.2. The maximum atomic E-state index is 12.2. The summed E-state index contributed by atoms with van der Waals surface area (Å²) in [5.74, 6) is -0.430. The van der Waals surface area contributed by atoms with Crippen molar-refractivity contribution in [3.63, 3.8) is 0 Å². The number of amides is 2. The minimum atomic E-state index is -0.463. The van der Waals surface area contributed by atoms with Gasteiger partial charge in [0.25, 0.3) is 11.8 Å². The molecule has 2 amide bonds. The van der Waals surface area contributed by atoms with Crippen molar-refractivity contribution < 1.29 is 14.7 Å². The molecule has 1 aromatic carbocycles. The number of benzene rings is 1. The molecule has 1 saturated heterocycles. The lowest BCUT2D eigenvalue weighted by atomic mass is 10.1. The highest BCUT2D eigenvalue weighted by Crippen LogP contribution is 2.23. The van der Waals surface area contributed by atoms with Gasteiger partial charge < -0.3 is 5.11 Å². The number of piperidine rings is 1. The fourth-order valence-electron chi connectivity index (χ4n) is 3.27. The van der Waals surface area contributed by atoms with Crippen molar-refractivity contribution in [1.29, 1.82) is 0 Å². The highest BCUT2D eigenvalue weighted by Gasteiger charge is 2.34. The van der Waals surface area contributed by atoms with E-state index in [1.165, 1.54) is 11.3 Å². The van der Waals surface area contributed by atoms with Crippen LogP contribution in [-0.2, 0) is 0 Å². The van der Waals surface area contributed by atoms with E-state index in [0.717, 1.165) is 25.9 Å². The Kier molecular flexibility index (Phi) is 4.55. The van der Waals surface area contributed by atoms with Gasteiger partial charge in [0.05, 0.1) is 11.1 Å². The Morgan fingerprint density at radius 2 is 1.59 bits per heavy atom. The monoisotopic (exact) mass is 302 g/mol. The molecule has 0 aromatic heterocycles. The van der Waals surface area contributed by atoms with E-state index in [1.54, 1.807) is 24.3 Å². The summed E-state index contributed by atoms with van der Waals surface area (Å²) >= 11 is 0. The fraction of sp³-hybridized carbons (Fsp3) is 0.529. The van der Waals surface area contributed by atoms with Crippen LogP contribution in [0.4, 0.5) is 0 Å². The minimum absolute atomic E-state index is 0.215. The molecule has 1 fully saturated rings. The normalized spacial score (nSPS) is 20.3. The van der Waals surface area contributed by atoms with Crippen molar-refractivity contribution in [2.75, 3.05) is 19.6 Å². The Morgan fingerprint density at radius 3 is 2.18 bits per heavy atom. The number of carbonyl (C=O) groups is 2. The standard InChI is InChI=1S/C17H22N2O3/c20-15(18-10-4-1-5-11-18)9-6-12-19-16(21)13-7-2-3-8-14(13)17(19)22/h2-3,7-8,15,20H,1,4-6,9-12H2. The molecule has 1 atom stereocenters. The third-order valence-corrected chi connectivity index (χ3v) is 4.53. The molecule has 0 spiro atoms. The van der Waals surface area contributed by atoms with Gasteiger partial charge >= 0.3 is 0 Å². The van der Waals surface area contributed by atoms with E-state index >= 15 is 0 Å². The number of nitrogens with zero attached hydrogens (tertiary/aromatic N) is 2. The van der Waals surface area contributed by atoms with Crippen molar-refractivity contribution >= 4 is 11.8 Å². The zero-order valence-electron chi connectivity index (χ0n) is 12.7. The largest absolute Gasteiger partial charge is 0.378 e. The van der Waals surface area contributed by atoms with E-state index in [0.29, 0.717) is 30.5 Å². The first kappa shape index (κ1) is 15.2. The molecule has 2 aliphatic heterocycles. The molecule has 5 nitrogen and oxygen atoms in total. The molecule has 2 aliphatic rings. The second kappa shape index (κ2) is 6.58. The molecule has 1 aromatic rings. The van der Waals surface area contributed by atoms with Crippen molar-refractivity contribution in [1.82, 2.24) is 9.80 Å². The zero-order chi connectivity index (χ0) is 15.5. The average molecular weight is 302 g/mol. The number of likely N-dealkylation sites (tertiary alicyclic amines) is 1. The lowest BCUT2D eigenvalue weighted by molar-refractivity contribution is -0.0155. The second-order valence-corrected chi connectivity index (χ2v) is 6.03. The van der Waals surface area contributed by atoms with Gasteiger partial charge in [-0.15, -0.1) is 0 Å². The summed E-state index contributed by atoms with van der Waals surface area (Å²) in [7, 11) is 0. The van der Waals surface area contributed by atoms with Gasteiger partial charge in [0.15, 0.2) is 0 Å². The lowest BCUT2D eigenvalue weighted by Gasteiger charge is -2.31. The summed E-state index contributed by atoms with van der Waals surface area (Å²) in [6.07, 6.45) is 4.26. The van der Waals surface area contributed by atoms with Crippen molar-refractivity contribution in [2.45, 2.75) is 38.3 Å². The average Bonchev–Trinajstić information content (AvgIpc) is 2.81. The Labute approximate surface area is 130 Å². The highest BCUT2D eigenvalue weighted by molar-refractivity contribution is 6.21. The Balaban J connectivity index is 1.52. The van der Waals surface area contributed by atoms with Gasteiger partial charge in [-0.25, -0.2) is 0 Å². The summed E-state index contributed by atoms with van der Waals surface area (Å²) in [6.45, 7) is 2.25. The van der Waals surface area contributed by atoms with Gasteiger partial charge in [0.1, 0.15) is 6.23 Å². The number of aliphatic hydroxyl groups excluding tert-OH is 1. The number of rotatable bonds is 5. The first-order valence-electron chi connectivity index (χ1n) is 8.06. The van der Waals surface area contributed by atoms with Crippen molar-refractivity contribution in [3.05, 3.63) is 35.4 Å². The van der Waals surface area contributed by atoms with Crippen LogP contribution in [0.15, 0.2) is 24.3 Å². The van der Waals surface area contributed by atoms with Crippen LogP contribution in [0.2, 0.25) is 0 Å². The molecular formula is C17H22N2O3. The highest BCUT2D eigenvalue weighted by atomic mass is 16.3. The number of hydrogen-bond donors (Lipinski definition) is 1. The number of hydrogen-bond acceptors (Lipinski definition) is 4. The van der Waals surface area contributed by atoms with Crippen LogP contribution < -0.4 is 0 Å². The SMILES string of the molecule is O=C1c2ccccc2C(=O)N1CCCC(O)N1CCCCC1. The molecule has 0 aliphatic carbocycles. The summed E-state index contributed by atoms with van der Waals surface area (Å²) in [6, 6.07) is 6.93. The topological polar surface area (TPSA) is 60.9 Å². The predicted octanol–water partition coefficient (Wildman–Crippen LogP) is 1.87. The van der Waals surface area contributed by atoms with Gasteiger partial charge in [-0.2, -0.15) is 0 Å². The maximum absolute atomic E-state index is 12.2. The van der Waals surface area contributed by atoms with Crippen molar-refractivity contribution in [3.8, 4) is 0 Å². The van der Waals surface area contributed by atoms with Crippen LogP contribution >= 0.6 is 0 Å². The number of carbonyl (C=O) groups excluding carboxylic acids is 2. The molecule has 0 saturated carbocycles. The molecule has 0 bridgehead atoms. The van der Waals surface area contributed by atoms with E-state index in [2.05, 4.69) is 4.90 Å². The van der Waals surface area contributed by atoms with Gasteiger partial charge in [-0.1, -0.05) is 18.6 Å². The number of fused-ring (bicyclic) bond motifs is 1. The van der Waals surface area contributed by atoms with Gasteiger partial charge in [-0.3, -0.25) is 19.4 Å². The van der Waals surface area contributed by atoms with Crippen LogP contribution in [0.5, 0.6) is 0 Å². The van der Waals surface area contributed by atoms with E-state index in [-0.39, 0.29) is 11.8 Å². The summed E-state index contributed by atoms with van der Waals surface area (Å²) in [4.78, 5) is 27.8. The molecule has 118 valence electrons. The van der Waals surface area contributed by atoms with E-state index < -0.39 is 6.23 Å². The van der Waals surface area contributed by atoms with E-state index in [9.17, 15) is 14.7 Å². The molecule has 1 N–H and O–H groups in total. The molecule has 22 heavy (non-hydrogen) atoms. The molecule has 1 unspecified atom stereocenters. The minimum Gasteiger partial charge on any atom is -0.378 e. The number of aliphatic hydroxyl groups is 1.